The summed E-state index contributed by atoms with van der Waals surface area (Å²) in [5.74, 6) is 2.64. The smallest absolute Gasteiger partial charge is 0.289 e. The first kappa shape index (κ1) is 19.9. The molecule has 1 heterocycles. The maximum Gasteiger partial charge on any atom is 0.289 e. The van der Waals surface area contributed by atoms with E-state index in [0.717, 1.165) is 6.20 Å². The minimum absolute atomic E-state index is 0.00505. The maximum absolute atomic E-state index is 11.9. The lowest BCUT2D eigenvalue weighted by Gasteiger charge is -2.11. The third kappa shape index (κ3) is 5.26. The lowest BCUT2D eigenvalue weighted by molar-refractivity contribution is -0.385. The summed E-state index contributed by atoms with van der Waals surface area (Å²) in [7, 11) is 1.48. The van der Waals surface area contributed by atoms with Crippen LogP contribution in [0.2, 0.25) is 0 Å². The number of carbonyl (C=O) groups is 1. The molecule has 0 aliphatic heterocycles. The first-order valence-corrected chi connectivity index (χ1v) is 8.13. The Kier molecular flexibility index (Phi) is 6.85. The van der Waals surface area contributed by atoms with Crippen LogP contribution in [-0.2, 0) is 0 Å². The Morgan fingerprint density at radius 3 is 2.89 bits per heavy atom. The van der Waals surface area contributed by atoms with Gasteiger partial charge in [0.25, 0.3) is 11.6 Å². The van der Waals surface area contributed by atoms with Gasteiger partial charge in [-0.3, -0.25) is 14.9 Å². The van der Waals surface area contributed by atoms with Gasteiger partial charge in [0.1, 0.15) is 18.5 Å². The molecule has 27 heavy (non-hydrogen) atoms. The van der Waals surface area contributed by atoms with Gasteiger partial charge in [0.15, 0.2) is 11.5 Å². The van der Waals surface area contributed by atoms with Gasteiger partial charge >= 0.3 is 0 Å². The van der Waals surface area contributed by atoms with E-state index in [1.807, 2.05) is 0 Å². The van der Waals surface area contributed by atoms with E-state index < -0.39 is 10.8 Å². The van der Waals surface area contributed by atoms with Crippen molar-refractivity contribution in [3.63, 3.8) is 0 Å². The van der Waals surface area contributed by atoms with Crippen molar-refractivity contribution in [3.8, 4) is 23.8 Å². The Balaban J connectivity index is 2.09. The molecule has 0 fully saturated rings. The molecule has 1 N–H and O–H groups in total. The molecule has 0 aliphatic carbocycles. The number of nitro groups is 1. The van der Waals surface area contributed by atoms with Crippen LogP contribution >= 0.6 is 15.9 Å². The molecule has 1 amide bonds. The highest BCUT2D eigenvalue weighted by atomic mass is 79.9. The van der Waals surface area contributed by atoms with Crippen LogP contribution in [0.5, 0.6) is 11.5 Å². The van der Waals surface area contributed by atoms with Crippen molar-refractivity contribution in [2.75, 3.05) is 13.7 Å². The topological polar surface area (TPSA) is 116 Å². The second-order valence-corrected chi connectivity index (χ2v) is 5.74. The van der Waals surface area contributed by atoms with E-state index in [9.17, 15) is 14.9 Å². The molecule has 1 aromatic carbocycles. The van der Waals surface area contributed by atoms with Crippen LogP contribution in [-0.4, -0.2) is 35.7 Å². The quantitative estimate of drug-likeness (QED) is 0.311. The molecule has 0 unspecified atom stereocenters. The van der Waals surface area contributed by atoms with Crippen LogP contribution in [0, 0.1) is 22.5 Å². The summed E-state index contributed by atoms with van der Waals surface area (Å²) in [6.45, 7) is 0.0840. The first-order valence-electron chi connectivity index (χ1n) is 7.34. The van der Waals surface area contributed by atoms with Gasteiger partial charge in [0, 0.05) is 6.07 Å². The summed E-state index contributed by atoms with van der Waals surface area (Å²) in [5.41, 5.74) is 2.69. The molecule has 138 valence electrons. The molecule has 0 spiro atoms. The monoisotopic (exact) mass is 432 g/mol. The van der Waals surface area contributed by atoms with Crippen molar-refractivity contribution in [2.45, 2.75) is 0 Å². The number of halogens is 1. The first-order chi connectivity index (χ1) is 13.0. The number of methoxy groups -OCH3 is 1. The number of benzene rings is 1. The Bertz CT molecular complexity index is 922. The highest BCUT2D eigenvalue weighted by Crippen LogP contribution is 2.36. The van der Waals surface area contributed by atoms with E-state index in [1.165, 1.54) is 25.5 Å². The van der Waals surface area contributed by atoms with Crippen LogP contribution in [0.3, 0.4) is 0 Å². The van der Waals surface area contributed by atoms with E-state index in [0.29, 0.717) is 21.5 Å². The minimum Gasteiger partial charge on any atom is -0.493 e. The lowest BCUT2D eigenvalue weighted by atomic mass is 10.2. The molecule has 0 aliphatic rings. The van der Waals surface area contributed by atoms with Crippen LogP contribution in [0.1, 0.15) is 16.1 Å². The number of hydrogen-bond donors (Lipinski definition) is 1. The van der Waals surface area contributed by atoms with Gasteiger partial charge in [0.05, 0.1) is 22.7 Å². The van der Waals surface area contributed by atoms with Crippen LogP contribution in [0.4, 0.5) is 5.69 Å². The fourth-order valence-electron chi connectivity index (χ4n) is 1.92. The zero-order valence-corrected chi connectivity index (χ0v) is 15.6. The Hall–Kier alpha value is -3.45. The van der Waals surface area contributed by atoms with Crippen molar-refractivity contribution in [1.82, 2.24) is 10.4 Å². The van der Waals surface area contributed by atoms with Crippen molar-refractivity contribution in [3.05, 3.63) is 56.3 Å². The highest BCUT2D eigenvalue weighted by Gasteiger charge is 2.12. The average Bonchev–Trinajstić information content (AvgIpc) is 2.66. The molecule has 0 saturated heterocycles. The van der Waals surface area contributed by atoms with E-state index in [4.69, 9.17) is 15.9 Å². The zero-order chi connectivity index (χ0) is 19.8. The predicted octanol–water partition coefficient (Wildman–Crippen LogP) is 2.54. The second-order valence-electron chi connectivity index (χ2n) is 4.88. The van der Waals surface area contributed by atoms with Gasteiger partial charge in [-0.1, -0.05) is 5.92 Å². The summed E-state index contributed by atoms with van der Waals surface area (Å²) >= 11 is 3.36. The normalized spacial score (nSPS) is 10.3. The second kappa shape index (κ2) is 9.30. The molecule has 10 heteroatoms. The molecule has 0 radical (unpaired) electrons. The molecule has 2 rings (SSSR count). The number of rotatable bonds is 7. The van der Waals surface area contributed by atoms with Crippen LogP contribution in [0.25, 0.3) is 0 Å². The van der Waals surface area contributed by atoms with Gasteiger partial charge < -0.3 is 9.47 Å². The standard InChI is InChI=1S/C17H13BrN4O5/c1-3-6-27-16-13(18)7-11(8-15(16)26-2)9-20-21-17(23)14-5-4-12(10-19-14)22(24)25/h1,4-5,7-10H,6H2,2H3,(H,21,23)/b20-9-. The minimum atomic E-state index is -0.610. The summed E-state index contributed by atoms with van der Waals surface area (Å²) < 4.78 is 11.3. The van der Waals surface area contributed by atoms with Crippen molar-refractivity contribution in [1.29, 1.82) is 0 Å². The van der Waals surface area contributed by atoms with Gasteiger partial charge in [-0.05, 0) is 39.7 Å². The number of terminal acetylenes is 1. The Labute approximate surface area is 162 Å². The van der Waals surface area contributed by atoms with E-state index in [1.54, 1.807) is 12.1 Å². The van der Waals surface area contributed by atoms with Crippen molar-refractivity contribution < 1.29 is 19.2 Å². The maximum atomic E-state index is 11.9. The highest BCUT2D eigenvalue weighted by molar-refractivity contribution is 9.10. The van der Waals surface area contributed by atoms with E-state index in [2.05, 4.69) is 37.4 Å². The summed E-state index contributed by atoms with van der Waals surface area (Å²) in [6.07, 6.45) is 7.57. The molecule has 0 saturated carbocycles. The third-order valence-corrected chi connectivity index (χ3v) is 3.71. The SMILES string of the molecule is C#CCOc1c(Br)cc(/C=N\NC(=O)c2ccc([N+](=O)[O-])cn2)cc1OC. The predicted molar refractivity (Wildman–Crippen MR) is 101 cm³/mol. The van der Waals surface area contributed by atoms with Crippen molar-refractivity contribution in [2.24, 2.45) is 5.10 Å². The van der Waals surface area contributed by atoms with Gasteiger partial charge in [-0.15, -0.1) is 6.42 Å². The molecular weight excluding hydrogens is 420 g/mol. The molecule has 9 nitrogen and oxygen atoms in total. The number of hydrogen-bond acceptors (Lipinski definition) is 7. The Morgan fingerprint density at radius 1 is 1.52 bits per heavy atom. The number of aromatic nitrogens is 1. The number of nitrogens with one attached hydrogen (secondary N) is 1. The summed E-state index contributed by atoms with van der Waals surface area (Å²) in [5, 5.41) is 14.4. The number of carbonyl (C=O) groups excluding carboxylic acids is 1. The third-order valence-electron chi connectivity index (χ3n) is 3.12. The van der Waals surface area contributed by atoms with Gasteiger partial charge in [0.2, 0.25) is 0 Å². The van der Waals surface area contributed by atoms with Crippen LogP contribution < -0.4 is 14.9 Å². The lowest BCUT2D eigenvalue weighted by Crippen LogP contribution is -2.18. The molecule has 2 aromatic rings. The summed E-state index contributed by atoms with van der Waals surface area (Å²) in [4.78, 5) is 25.6. The number of hydrazone groups is 1. The van der Waals surface area contributed by atoms with E-state index in [-0.39, 0.29) is 18.0 Å². The number of amides is 1. The molecule has 0 atom stereocenters. The van der Waals surface area contributed by atoms with Gasteiger partial charge in [-0.25, -0.2) is 10.4 Å². The average molecular weight is 433 g/mol. The zero-order valence-electron chi connectivity index (χ0n) is 14.0. The Morgan fingerprint density at radius 2 is 2.30 bits per heavy atom. The van der Waals surface area contributed by atoms with Crippen molar-refractivity contribution >= 4 is 33.7 Å². The number of ether oxygens (including phenoxy) is 2. The fraction of sp³-hybridized carbons (Fsp3) is 0.118. The van der Waals surface area contributed by atoms with Crippen LogP contribution in [0.15, 0.2) is 40.0 Å². The largest absolute Gasteiger partial charge is 0.493 e. The molecule has 1 aromatic heterocycles. The molecule has 0 bridgehead atoms. The number of nitrogens with zero attached hydrogens (tertiary/aromatic N) is 3. The van der Waals surface area contributed by atoms with Gasteiger partial charge in [-0.2, -0.15) is 5.10 Å². The number of pyridine rings is 1. The molecular formula is C17H13BrN4O5. The fourth-order valence-corrected chi connectivity index (χ4v) is 2.49. The summed E-state index contributed by atoms with van der Waals surface area (Å²) in [6, 6.07) is 5.77. The van der Waals surface area contributed by atoms with E-state index >= 15 is 0 Å².